The van der Waals surface area contributed by atoms with Crippen molar-refractivity contribution in [3.05, 3.63) is 77.0 Å². The van der Waals surface area contributed by atoms with Crippen LogP contribution in [0.3, 0.4) is 0 Å². The quantitative estimate of drug-likeness (QED) is 0.384. The van der Waals surface area contributed by atoms with Gasteiger partial charge in [-0.3, -0.25) is 4.79 Å². The number of rotatable bonds is 9. The summed E-state index contributed by atoms with van der Waals surface area (Å²) < 4.78 is 4.66. The molecule has 0 radical (unpaired) electrons. The Bertz CT molecular complexity index is 894. The number of nitrogens with zero attached hydrogens (tertiary/aromatic N) is 1. The van der Waals surface area contributed by atoms with E-state index in [0.717, 1.165) is 24.8 Å². The van der Waals surface area contributed by atoms with E-state index in [9.17, 15) is 14.9 Å². The van der Waals surface area contributed by atoms with Gasteiger partial charge < -0.3 is 15.4 Å². The molecule has 2 aromatic carbocycles. The first-order chi connectivity index (χ1) is 14.1. The summed E-state index contributed by atoms with van der Waals surface area (Å²) in [5.41, 5.74) is 3.21. The van der Waals surface area contributed by atoms with Gasteiger partial charge in [-0.2, -0.15) is 5.26 Å². The minimum atomic E-state index is -0.470. The van der Waals surface area contributed by atoms with Gasteiger partial charge in [0.05, 0.1) is 12.7 Å². The number of ether oxygens (including phenoxy) is 1. The highest BCUT2D eigenvalue weighted by Crippen LogP contribution is 2.13. The lowest BCUT2D eigenvalue weighted by molar-refractivity contribution is -0.112. The molecule has 0 fully saturated rings. The zero-order chi connectivity index (χ0) is 21.1. The molecule has 0 aliphatic rings. The van der Waals surface area contributed by atoms with Gasteiger partial charge in [0.1, 0.15) is 11.6 Å². The molecule has 0 saturated carbocycles. The number of methoxy groups -OCH3 is 1. The minimum absolute atomic E-state index is 0.0220. The molecule has 0 aliphatic heterocycles. The largest absolute Gasteiger partial charge is 0.465 e. The molecule has 2 aromatic rings. The Morgan fingerprint density at radius 3 is 2.31 bits per heavy atom. The molecule has 6 heteroatoms. The van der Waals surface area contributed by atoms with E-state index in [1.165, 1.54) is 18.9 Å². The topological polar surface area (TPSA) is 91.2 Å². The second-order valence-corrected chi connectivity index (χ2v) is 6.49. The highest BCUT2D eigenvalue weighted by molar-refractivity contribution is 6.06. The summed E-state index contributed by atoms with van der Waals surface area (Å²) in [7, 11) is 1.33. The summed E-state index contributed by atoms with van der Waals surface area (Å²) >= 11 is 0. The zero-order valence-corrected chi connectivity index (χ0v) is 16.7. The van der Waals surface area contributed by atoms with E-state index < -0.39 is 11.9 Å². The minimum Gasteiger partial charge on any atom is -0.465 e. The van der Waals surface area contributed by atoms with Crippen LogP contribution in [0.2, 0.25) is 0 Å². The second-order valence-electron chi connectivity index (χ2n) is 6.49. The van der Waals surface area contributed by atoms with Crippen molar-refractivity contribution in [2.24, 2.45) is 0 Å². The molecular formula is C23H25N3O3. The third kappa shape index (κ3) is 6.82. The summed E-state index contributed by atoms with van der Waals surface area (Å²) in [6.45, 7) is 2.56. The van der Waals surface area contributed by atoms with E-state index in [-0.39, 0.29) is 5.57 Å². The number of benzene rings is 2. The monoisotopic (exact) mass is 391 g/mol. The van der Waals surface area contributed by atoms with Crippen molar-refractivity contribution < 1.29 is 14.3 Å². The molecule has 6 nitrogen and oxygen atoms in total. The molecule has 0 aromatic heterocycles. The fraction of sp³-hybridized carbons (Fsp3) is 0.261. The standard InChI is InChI=1S/C23H25N3O3/c1-3-4-5-17-8-12-21(13-9-17)26-22(27)20(14-24)16-25-15-18-6-10-19(11-7-18)23(28)29-2/h6-13,16,25H,3-5,15H2,1-2H3,(H,26,27)/b20-16-. The van der Waals surface area contributed by atoms with Crippen molar-refractivity contribution in [1.29, 1.82) is 5.26 Å². The highest BCUT2D eigenvalue weighted by atomic mass is 16.5. The molecule has 150 valence electrons. The van der Waals surface area contributed by atoms with Crippen LogP contribution in [0.4, 0.5) is 5.69 Å². The molecule has 29 heavy (non-hydrogen) atoms. The van der Waals surface area contributed by atoms with E-state index in [0.29, 0.717) is 17.8 Å². The Kier molecular flexibility index (Phi) is 8.46. The molecule has 0 spiro atoms. The number of nitriles is 1. The van der Waals surface area contributed by atoms with Gasteiger partial charge in [-0.1, -0.05) is 37.6 Å². The number of esters is 1. The van der Waals surface area contributed by atoms with Crippen molar-refractivity contribution in [2.45, 2.75) is 32.7 Å². The van der Waals surface area contributed by atoms with E-state index in [1.807, 2.05) is 30.3 Å². The fourth-order valence-corrected chi connectivity index (χ4v) is 2.63. The normalized spacial score (nSPS) is 10.7. The van der Waals surface area contributed by atoms with E-state index in [2.05, 4.69) is 22.3 Å². The first-order valence-electron chi connectivity index (χ1n) is 9.48. The third-order valence-electron chi connectivity index (χ3n) is 4.32. The number of aryl methyl sites for hydroxylation is 1. The predicted molar refractivity (Wildman–Crippen MR) is 112 cm³/mol. The molecule has 2 rings (SSSR count). The predicted octanol–water partition coefficient (Wildman–Crippen LogP) is 3.95. The van der Waals surface area contributed by atoms with Crippen LogP contribution in [0.15, 0.2) is 60.3 Å². The number of nitrogens with one attached hydrogen (secondary N) is 2. The van der Waals surface area contributed by atoms with Crippen LogP contribution in [0, 0.1) is 11.3 Å². The molecule has 0 heterocycles. The van der Waals surface area contributed by atoms with Crippen LogP contribution in [-0.2, 0) is 22.5 Å². The van der Waals surface area contributed by atoms with E-state index in [4.69, 9.17) is 0 Å². The second kappa shape index (κ2) is 11.3. The van der Waals surface area contributed by atoms with Gasteiger partial charge >= 0.3 is 5.97 Å². The van der Waals surface area contributed by atoms with Crippen molar-refractivity contribution in [3.63, 3.8) is 0 Å². The van der Waals surface area contributed by atoms with Gasteiger partial charge in [-0.15, -0.1) is 0 Å². The van der Waals surface area contributed by atoms with Gasteiger partial charge in [0.25, 0.3) is 5.91 Å². The summed E-state index contributed by atoms with van der Waals surface area (Å²) in [6, 6.07) is 16.4. The lowest BCUT2D eigenvalue weighted by Crippen LogP contribution is -2.16. The molecule has 0 atom stereocenters. The number of hydrogen-bond acceptors (Lipinski definition) is 5. The van der Waals surface area contributed by atoms with E-state index in [1.54, 1.807) is 24.3 Å². The summed E-state index contributed by atoms with van der Waals surface area (Å²) in [6.07, 6.45) is 4.67. The van der Waals surface area contributed by atoms with E-state index >= 15 is 0 Å². The van der Waals surface area contributed by atoms with Crippen molar-refractivity contribution in [3.8, 4) is 6.07 Å². The number of unbranched alkanes of at least 4 members (excludes halogenated alkanes) is 1. The molecule has 2 N–H and O–H groups in total. The van der Waals surface area contributed by atoms with Crippen molar-refractivity contribution in [1.82, 2.24) is 5.32 Å². The van der Waals surface area contributed by atoms with Gasteiger partial charge in [0, 0.05) is 18.4 Å². The molecule has 0 aliphatic carbocycles. The van der Waals surface area contributed by atoms with Crippen molar-refractivity contribution in [2.75, 3.05) is 12.4 Å². The Morgan fingerprint density at radius 2 is 1.72 bits per heavy atom. The maximum absolute atomic E-state index is 12.3. The Labute approximate surface area is 171 Å². The Hall–Kier alpha value is -3.59. The van der Waals surface area contributed by atoms with Crippen molar-refractivity contribution >= 4 is 17.6 Å². The number of anilines is 1. The molecule has 1 amide bonds. The smallest absolute Gasteiger partial charge is 0.337 e. The zero-order valence-electron chi connectivity index (χ0n) is 16.7. The maximum Gasteiger partial charge on any atom is 0.337 e. The maximum atomic E-state index is 12.3. The van der Waals surface area contributed by atoms with Gasteiger partial charge in [0.15, 0.2) is 0 Å². The lowest BCUT2D eigenvalue weighted by atomic mass is 10.1. The van der Waals surface area contributed by atoms with Crippen LogP contribution in [0.1, 0.15) is 41.3 Å². The van der Waals surface area contributed by atoms with Crippen LogP contribution in [-0.4, -0.2) is 19.0 Å². The average Bonchev–Trinajstić information content (AvgIpc) is 2.76. The van der Waals surface area contributed by atoms with Gasteiger partial charge in [0.2, 0.25) is 0 Å². The molecule has 0 saturated heterocycles. The van der Waals surface area contributed by atoms with Crippen LogP contribution in [0.5, 0.6) is 0 Å². The average molecular weight is 391 g/mol. The fourth-order valence-electron chi connectivity index (χ4n) is 2.63. The Morgan fingerprint density at radius 1 is 1.07 bits per heavy atom. The lowest BCUT2D eigenvalue weighted by Gasteiger charge is -2.07. The molecule has 0 bridgehead atoms. The number of carbonyl (C=O) groups is 2. The van der Waals surface area contributed by atoms with Gasteiger partial charge in [-0.25, -0.2) is 4.79 Å². The van der Waals surface area contributed by atoms with Crippen LogP contribution < -0.4 is 10.6 Å². The number of carbonyl (C=O) groups excluding carboxylic acids is 2. The SMILES string of the molecule is CCCCc1ccc(NC(=O)/C(C#N)=C\NCc2ccc(C(=O)OC)cc2)cc1. The highest BCUT2D eigenvalue weighted by Gasteiger charge is 2.09. The first kappa shape index (κ1) is 21.7. The molecular weight excluding hydrogens is 366 g/mol. The summed E-state index contributed by atoms with van der Waals surface area (Å²) in [5.74, 6) is -0.867. The van der Waals surface area contributed by atoms with Gasteiger partial charge in [-0.05, 0) is 48.2 Å². The number of amides is 1. The Balaban J connectivity index is 1.90. The van der Waals surface area contributed by atoms with Crippen LogP contribution in [0.25, 0.3) is 0 Å². The first-order valence-corrected chi connectivity index (χ1v) is 9.48. The van der Waals surface area contributed by atoms with Crippen LogP contribution >= 0.6 is 0 Å². The number of hydrogen-bond donors (Lipinski definition) is 2. The summed E-state index contributed by atoms with van der Waals surface area (Å²) in [5, 5.41) is 14.9. The third-order valence-corrected chi connectivity index (χ3v) is 4.32. The summed E-state index contributed by atoms with van der Waals surface area (Å²) in [4.78, 5) is 23.7. The molecule has 0 unspecified atom stereocenters.